The molecule has 0 bridgehead atoms. The molecule has 0 aromatic heterocycles. The predicted molar refractivity (Wildman–Crippen MR) is 130 cm³/mol. The number of nitrogens with two attached hydrogens (primary N) is 1. The number of hydrogen-bond acceptors (Lipinski definition) is 11. The van der Waals surface area contributed by atoms with Crippen LogP contribution in [0.4, 0.5) is 0 Å². The first-order chi connectivity index (χ1) is 17.9. The Hall–Kier alpha value is -3.35. The van der Waals surface area contributed by atoms with Gasteiger partial charge in [-0.2, -0.15) is 0 Å². The number of carbonyl (C=O) groups excluding carboxylic acids is 3. The SMILES string of the molecule is COc1cccc2c1C(=O)c1c(O)c3c(c(O)c1C2=O)C[C@](O)(C(C)=O)C[C@H]3OC1CC(N)C(O)C(C)O1. The van der Waals surface area contributed by atoms with Crippen molar-refractivity contribution >= 4 is 17.3 Å². The number of aromatic hydroxyl groups is 2. The van der Waals surface area contributed by atoms with E-state index < -0.39 is 82.6 Å². The Morgan fingerprint density at radius 3 is 2.45 bits per heavy atom. The molecule has 11 heteroatoms. The minimum Gasteiger partial charge on any atom is -0.507 e. The maximum absolute atomic E-state index is 13.6. The highest BCUT2D eigenvalue weighted by Crippen LogP contribution is 2.52. The molecule has 0 spiro atoms. The molecule has 0 radical (unpaired) electrons. The molecule has 5 rings (SSSR count). The Kier molecular flexibility index (Phi) is 6.32. The molecule has 38 heavy (non-hydrogen) atoms. The van der Waals surface area contributed by atoms with Gasteiger partial charge in [0.05, 0.1) is 42.1 Å². The molecule has 2 aromatic rings. The standard InChI is InChI=1S/C27H29NO10/c1-10-22(30)14(28)7-17(37-10)38-16-9-27(35,11(2)29)8-13-19(16)26(34)21-20(24(13)32)23(31)12-5-4-6-15(36-3)18(12)25(21)33/h4-6,10,14,16-17,22,30,32,34-35H,7-9,28H2,1-3H3/t10?,14?,16-,17?,22?,27-/m1/s1. The highest BCUT2D eigenvalue weighted by molar-refractivity contribution is 6.31. The summed E-state index contributed by atoms with van der Waals surface area (Å²) in [4.78, 5) is 39.6. The number of rotatable bonds is 4. The quantitative estimate of drug-likeness (QED) is 0.305. The fourth-order valence-electron chi connectivity index (χ4n) is 5.66. The molecule has 1 saturated heterocycles. The Morgan fingerprint density at radius 1 is 1.13 bits per heavy atom. The summed E-state index contributed by atoms with van der Waals surface area (Å²) in [7, 11) is 1.34. The normalized spacial score (nSPS) is 30.3. The lowest BCUT2D eigenvalue weighted by atomic mass is 9.72. The summed E-state index contributed by atoms with van der Waals surface area (Å²) < 4.78 is 17.1. The summed E-state index contributed by atoms with van der Waals surface area (Å²) in [6, 6.07) is 3.75. The van der Waals surface area contributed by atoms with Crippen LogP contribution >= 0.6 is 0 Å². The van der Waals surface area contributed by atoms with Gasteiger partial charge in [0.25, 0.3) is 0 Å². The van der Waals surface area contributed by atoms with E-state index in [4.69, 9.17) is 19.9 Å². The Balaban J connectivity index is 1.68. The summed E-state index contributed by atoms with van der Waals surface area (Å²) in [5, 5.41) is 44.1. The molecule has 2 aromatic carbocycles. The van der Waals surface area contributed by atoms with Crippen LogP contribution in [0.2, 0.25) is 0 Å². The fourth-order valence-corrected chi connectivity index (χ4v) is 5.66. The van der Waals surface area contributed by atoms with Crippen molar-refractivity contribution in [2.24, 2.45) is 5.73 Å². The second-order valence-electron chi connectivity index (χ2n) is 10.1. The molecule has 202 valence electrons. The van der Waals surface area contributed by atoms with Crippen molar-refractivity contribution in [2.45, 2.75) is 69.4 Å². The average Bonchev–Trinajstić information content (AvgIpc) is 2.87. The highest BCUT2D eigenvalue weighted by atomic mass is 16.7. The summed E-state index contributed by atoms with van der Waals surface area (Å²) in [5.41, 5.74) is 2.97. The summed E-state index contributed by atoms with van der Waals surface area (Å²) in [6.07, 6.45) is -4.53. The lowest BCUT2D eigenvalue weighted by Crippen LogP contribution is -2.52. The van der Waals surface area contributed by atoms with Crippen LogP contribution in [-0.4, -0.2) is 75.0 Å². The predicted octanol–water partition coefficient (Wildman–Crippen LogP) is 1.03. The molecule has 0 saturated carbocycles. The second kappa shape index (κ2) is 9.14. The van der Waals surface area contributed by atoms with Gasteiger partial charge in [-0.25, -0.2) is 0 Å². The number of fused-ring (bicyclic) bond motifs is 3. The maximum atomic E-state index is 13.6. The number of phenolic OH excluding ortho intramolecular Hbond substituents is 2. The average molecular weight is 528 g/mol. The van der Waals surface area contributed by atoms with Crippen LogP contribution in [-0.2, 0) is 20.7 Å². The van der Waals surface area contributed by atoms with E-state index in [0.29, 0.717) is 0 Å². The first kappa shape index (κ1) is 26.3. The minimum absolute atomic E-state index is 0.0147. The number of benzene rings is 2. The van der Waals surface area contributed by atoms with Crippen LogP contribution in [0.1, 0.15) is 75.8 Å². The zero-order chi connectivity index (χ0) is 27.7. The van der Waals surface area contributed by atoms with Crippen molar-refractivity contribution in [1.82, 2.24) is 0 Å². The van der Waals surface area contributed by atoms with Crippen LogP contribution in [0.5, 0.6) is 17.2 Å². The third kappa shape index (κ3) is 3.81. The van der Waals surface area contributed by atoms with E-state index in [1.54, 1.807) is 6.92 Å². The van der Waals surface area contributed by atoms with Gasteiger partial charge in [0.2, 0.25) is 5.78 Å². The van der Waals surface area contributed by atoms with Crippen LogP contribution in [0.3, 0.4) is 0 Å². The molecule has 4 unspecified atom stereocenters. The third-order valence-electron chi connectivity index (χ3n) is 7.80. The van der Waals surface area contributed by atoms with Gasteiger partial charge in [0.1, 0.15) is 22.8 Å². The fraction of sp³-hybridized carbons (Fsp3) is 0.444. The van der Waals surface area contributed by atoms with Gasteiger partial charge >= 0.3 is 0 Å². The van der Waals surface area contributed by atoms with Crippen molar-refractivity contribution in [2.75, 3.05) is 7.11 Å². The molecular weight excluding hydrogens is 498 g/mol. The number of aliphatic hydroxyl groups excluding tert-OH is 1. The molecule has 1 aliphatic heterocycles. The summed E-state index contributed by atoms with van der Waals surface area (Å²) >= 11 is 0. The van der Waals surface area contributed by atoms with Crippen molar-refractivity contribution < 1.29 is 49.0 Å². The molecule has 0 amide bonds. The zero-order valence-electron chi connectivity index (χ0n) is 21.1. The first-order valence-corrected chi connectivity index (χ1v) is 12.2. The van der Waals surface area contributed by atoms with Crippen LogP contribution in [0.25, 0.3) is 0 Å². The first-order valence-electron chi connectivity index (χ1n) is 12.2. The second-order valence-corrected chi connectivity index (χ2v) is 10.1. The van der Waals surface area contributed by atoms with Gasteiger partial charge in [-0.1, -0.05) is 12.1 Å². The summed E-state index contributed by atoms with van der Waals surface area (Å²) in [6.45, 7) is 2.79. The van der Waals surface area contributed by atoms with Crippen LogP contribution in [0, 0.1) is 0 Å². The van der Waals surface area contributed by atoms with Gasteiger partial charge in [-0.3, -0.25) is 14.4 Å². The molecule has 3 aliphatic rings. The van der Waals surface area contributed by atoms with Crippen molar-refractivity contribution in [3.8, 4) is 17.2 Å². The van der Waals surface area contributed by atoms with Crippen LogP contribution in [0.15, 0.2) is 18.2 Å². The number of Topliss-reactive ketones (excluding diaryl/α,β-unsaturated/α-hetero) is 1. The van der Waals surface area contributed by atoms with Crippen molar-refractivity contribution in [1.29, 1.82) is 0 Å². The van der Waals surface area contributed by atoms with E-state index in [0.717, 1.165) is 0 Å². The van der Waals surface area contributed by atoms with Gasteiger partial charge < -0.3 is 40.4 Å². The largest absolute Gasteiger partial charge is 0.507 e. The molecular formula is C27H29NO10. The van der Waals surface area contributed by atoms with E-state index >= 15 is 0 Å². The third-order valence-corrected chi connectivity index (χ3v) is 7.80. The van der Waals surface area contributed by atoms with E-state index in [-0.39, 0.29) is 40.8 Å². The van der Waals surface area contributed by atoms with E-state index in [1.807, 2.05) is 0 Å². The number of carbonyl (C=O) groups is 3. The summed E-state index contributed by atoms with van der Waals surface area (Å²) in [5.74, 6) is -3.18. The van der Waals surface area contributed by atoms with E-state index in [1.165, 1.54) is 32.2 Å². The van der Waals surface area contributed by atoms with Gasteiger partial charge in [0, 0.05) is 42.0 Å². The van der Waals surface area contributed by atoms with Gasteiger partial charge in [-0.15, -0.1) is 0 Å². The molecule has 1 heterocycles. The Labute approximate surface area is 217 Å². The Bertz CT molecular complexity index is 1360. The minimum atomic E-state index is -2.00. The van der Waals surface area contributed by atoms with E-state index in [2.05, 4.69) is 0 Å². The van der Waals surface area contributed by atoms with Crippen molar-refractivity contribution in [3.63, 3.8) is 0 Å². The van der Waals surface area contributed by atoms with E-state index in [9.17, 15) is 34.8 Å². The topological polar surface area (TPSA) is 186 Å². The Morgan fingerprint density at radius 2 is 1.82 bits per heavy atom. The molecule has 6 N–H and O–H groups in total. The molecule has 2 aliphatic carbocycles. The lowest BCUT2D eigenvalue weighted by Gasteiger charge is -2.42. The number of phenols is 2. The van der Waals surface area contributed by atoms with Gasteiger partial charge in [0.15, 0.2) is 17.9 Å². The monoisotopic (exact) mass is 527 g/mol. The maximum Gasteiger partial charge on any atom is 0.202 e. The molecule has 6 atom stereocenters. The number of methoxy groups -OCH3 is 1. The number of hydrogen-bond donors (Lipinski definition) is 5. The van der Waals surface area contributed by atoms with Crippen LogP contribution < -0.4 is 10.5 Å². The van der Waals surface area contributed by atoms with Crippen molar-refractivity contribution in [3.05, 3.63) is 51.6 Å². The zero-order valence-corrected chi connectivity index (χ0v) is 21.1. The number of ether oxygens (including phenoxy) is 3. The molecule has 1 fully saturated rings. The molecule has 11 nitrogen and oxygen atoms in total. The lowest BCUT2D eigenvalue weighted by molar-refractivity contribution is -0.247. The highest BCUT2D eigenvalue weighted by Gasteiger charge is 2.49. The van der Waals surface area contributed by atoms with Gasteiger partial charge in [-0.05, 0) is 19.9 Å². The smallest absolute Gasteiger partial charge is 0.202 e. The number of ketones is 3. The number of aliphatic hydroxyl groups is 2.